The van der Waals surface area contributed by atoms with Gasteiger partial charge in [-0.3, -0.25) is 9.18 Å². The van der Waals surface area contributed by atoms with E-state index in [1.165, 1.54) is 5.56 Å². The molecule has 4 atom stereocenters. The van der Waals surface area contributed by atoms with Crippen LogP contribution in [0, 0.1) is 5.92 Å². The summed E-state index contributed by atoms with van der Waals surface area (Å²) in [5.41, 5.74) is 2.35. The molecule has 2 saturated heterocycles. The number of hydrogen-bond acceptors (Lipinski definition) is 3. The first kappa shape index (κ1) is 17.9. The van der Waals surface area contributed by atoms with Crippen LogP contribution in [0.5, 0.6) is 0 Å². The van der Waals surface area contributed by atoms with Crippen LogP contribution in [-0.2, 0) is 9.53 Å². The van der Waals surface area contributed by atoms with Crippen molar-refractivity contribution in [2.45, 2.75) is 43.7 Å². The summed E-state index contributed by atoms with van der Waals surface area (Å²) < 4.78 is 19.6. The molecule has 1 aromatic rings. The third-order valence-corrected chi connectivity index (χ3v) is 5.43. The van der Waals surface area contributed by atoms with E-state index in [1.54, 1.807) is 0 Å². The molecule has 24 heavy (non-hydrogen) atoms. The second-order valence-electron chi connectivity index (χ2n) is 6.59. The van der Waals surface area contributed by atoms with Gasteiger partial charge in [0.1, 0.15) is 0 Å². The standard InChI is InChI=1S/C19H23FINO2/c20-8-2-10-24-19(23)18-16(12-15-5-6-17(18)22-15)14-4-1-3-13(11-14)7-9-21/h1,3-4,7,9,11,15-18,22H,2,5-6,8,10,12H2/b9-7-/t15-,16+,17+,18-/m0/s1. The Labute approximate surface area is 156 Å². The predicted molar refractivity (Wildman–Crippen MR) is 102 cm³/mol. The topological polar surface area (TPSA) is 38.3 Å². The molecule has 1 N–H and O–H groups in total. The zero-order chi connectivity index (χ0) is 16.9. The number of piperidine rings is 1. The van der Waals surface area contributed by atoms with Gasteiger partial charge in [-0.15, -0.1) is 0 Å². The van der Waals surface area contributed by atoms with E-state index in [9.17, 15) is 9.18 Å². The number of hydrogen-bond donors (Lipinski definition) is 1. The van der Waals surface area contributed by atoms with Crippen LogP contribution in [0.3, 0.4) is 0 Å². The van der Waals surface area contributed by atoms with Gasteiger partial charge in [0.25, 0.3) is 0 Å². The molecular formula is C19H23FINO2. The number of alkyl halides is 1. The molecule has 130 valence electrons. The second-order valence-corrected chi connectivity index (χ2v) is 7.31. The number of halogens is 2. The largest absolute Gasteiger partial charge is 0.465 e. The minimum atomic E-state index is -0.449. The molecule has 2 aliphatic heterocycles. The molecule has 3 nitrogen and oxygen atoms in total. The lowest BCUT2D eigenvalue weighted by molar-refractivity contribution is -0.151. The number of rotatable bonds is 6. The van der Waals surface area contributed by atoms with Crippen LogP contribution in [0.4, 0.5) is 4.39 Å². The normalized spacial score (nSPS) is 29.1. The first-order valence-electron chi connectivity index (χ1n) is 8.58. The molecule has 0 aromatic heterocycles. The summed E-state index contributed by atoms with van der Waals surface area (Å²) in [6.07, 6.45) is 5.42. The van der Waals surface area contributed by atoms with Crippen molar-refractivity contribution < 1.29 is 13.9 Å². The fraction of sp³-hybridized carbons (Fsp3) is 0.526. The van der Waals surface area contributed by atoms with Gasteiger partial charge in [-0.05, 0) is 40.5 Å². The molecule has 0 saturated carbocycles. The lowest BCUT2D eigenvalue weighted by Crippen LogP contribution is -2.48. The van der Waals surface area contributed by atoms with Gasteiger partial charge in [0.05, 0.1) is 19.2 Å². The molecule has 2 aliphatic rings. The Kier molecular flexibility index (Phi) is 6.27. The molecular weight excluding hydrogens is 420 g/mol. The Morgan fingerprint density at radius 1 is 1.42 bits per heavy atom. The van der Waals surface area contributed by atoms with Crippen LogP contribution in [0.1, 0.15) is 42.7 Å². The van der Waals surface area contributed by atoms with Crippen molar-refractivity contribution in [3.8, 4) is 0 Å². The Balaban J connectivity index is 1.83. The number of benzene rings is 1. The van der Waals surface area contributed by atoms with Gasteiger partial charge in [0.15, 0.2) is 0 Å². The first-order chi connectivity index (χ1) is 11.7. The monoisotopic (exact) mass is 443 g/mol. The molecule has 2 heterocycles. The fourth-order valence-electron chi connectivity index (χ4n) is 4.01. The molecule has 0 radical (unpaired) electrons. The smallest absolute Gasteiger partial charge is 0.311 e. The van der Waals surface area contributed by atoms with Gasteiger partial charge in [-0.2, -0.15) is 0 Å². The van der Waals surface area contributed by atoms with Gasteiger partial charge in [-0.1, -0.05) is 46.9 Å². The molecule has 5 heteroatoms. The van der Waals surface area contributed by atoms with Gasteiger partial charge in [-0.25, -0.2) is 0 Å². The van der Waals surface area contributed by atoms with E-state index >= 15 is 0 Å². The number of ether oxygens (including phenoxy) is 1. The van der Waals surface area contributed by atoms with E-state index < -0.39 is 6.67 Å². The van der Waals surface area contributed by atoms with E-state index in [0.29, 0.717) is 6.04 Å². The highest BCUT2D eigenvalue weighted by Crippen LogP contribution is 2.42. The first-order valence-corrected chi connectivity index (χ1v) is 9.83. The van der Waals surface area contributed by atoms with Crippen LogP contribution < -0.4 is 5.32 Å². The average molecular weight is 443 g/mol. The molecule has 2 bridgehead atoms. The van der Waals surface area contributed by atoms with Crippen molar-refractivity contribution in [3.63, 3.8) is 0 Å². The third kappa shape index (κ3) is 3.99. The van der Waals surface area contributed by atoms with E-state index in [4.69, 9.17) is 4.74 Å². The van der Waals surface area contributed by atoms with Gasteiger partial charge in [0.2, 0.25) is 0 Å². The summed E-state index contributed by atoms with van der Waals surface area (Å²) >= 11 is 2.21. The van der Waals surface area contributed by atoms with E-state index in [0.717, 1.165) is 24.8 Å². The highest BCUT2D eigenvalue weighted by molar-refractivity contribution is 14.1. The van der Waals surface area contributed by atoms with E-state index in [1.807, 2.05) is 4.08 Å². The maximum Gasteiger partial charge on any atom is 0.311 e. The van der Waals surface area contributed by atoms with Gasteiger partial charge >= 0.3 is 5.97 Å². The minimum absolute atomic E-state index is 0.171. The number of nitrogens with one attached hydrogen (secondary N) is 1. The summed E-state index contributed by atoms with van der Waals surface area (Å²) in [6.45, 7) is -0.276. The van der Waals surface area contributed by atoms with Crippen LogP contribution in [0.25, 0.3) is 6.08 Å². The SMILES string of the molecule is O=C(OCCCF)[C@H]1[C@@H](c2cccc(/C=C\I)c2)C[C@@H]2CC[C@H]1N2. The minimum Gasteiger partial charge on any atom is -0.465 e. The van der Waals surface area contributed by atoms with Crippen molar-refractivity contribution in [1.82, 2.24) is 5.32 Å². The van der Waals surface area contributed by atoms with Crippen LogP contribution >= 0.6 is 22.6 Å². The molecule has 0 amide bonds. The van der Waals surface area contributed by atoms with Crippen LogP contribution in [0.15, 0.2) is 28.3 Å². The highest BCUT2D eigenvalue weighted by atomic mass is 127. The number of fused-ring (bicyclic) bond motifs is 2. The Hall–Kier alpha value is -0.950. The Morgan fingerprint density at radius 2 is 2.29 bits per heavy atom. The number of carbonyl (C=O) groups excluding carboxylic acids is 1. The van der Waals surface area contributed by atoms with E-state index in [2.05, 4.69) is 58.2 Å². The molecule has 0 aliphatic carbocycles. The maximum atomic E-state index is 12.7. The molecule has 3 rings (SSSR count). The number of carbonyl (C=O) groups is 1. The third-order valence-electron chi connectivity index (χ3n) is 5.07. The highest BCUT2D eigenvalue weighted by Gasteiger charge is 2.46. The van der Waals surface area contributed by atoms with Crippen molar-refractivity contribution >= 4 is 34.6 Å². The van der Waals surface area contributed by atoms with Crippen molar-refractivity contribution in [2.75, 3.05) is 13.3 Å². The fourth-order valence-corrected chi connectivity index (χ4v) is 4.43. The van der Waals surface area contributed by atoms with E-state index in [-0.39, 0.29) is 36.9 Å². The van der Waals surface area contributed by atoms with Crippen molar-refractivity contribution in [2.24, 2.45) is 5.92 Å². The maximum absolute atomic E-state index is 12.7. The average Bonchev–Trinajstić information content (AvgIpc) is 2.96. The van der Waals surface area contributed by atoms with Gasteiger partial charge in [0, 0.05) is 24.4 Å². The van der Waals surface area contributed by atoms with Crippen molar-refractivity contribution in [1.29, 1.82) is 0 Å². The summed E-state index contributed by atoms with van der Waals surface area (Å²) in [5.74, 6) is -0.187. The number of esters is 1. The summed E-state index contributed by atoms with van der Waals surface area (Å²) in [7, 11) is 0. The molecule has 0 unspecified atom stereocenters. The Morgan fingerprint density at radius 3 is 3.08 bits per heavy atom. The zero-order valence-electron chi connectivity index (χ0n) is 13.6. The second kappa shape index (κ2) is 8.43. The molecule has 0 spiro atoms. The summed E-state index contributed by atoms with van der Waals surface area (Å²) in [4.78, 5) is 12.7. The Bertz CT molecular complexity index is 607. The predicted octanol–water partition coefficient (Wildman–Crippen LogP) is 4.22. The van der Waals surface area contributed by atoms with Crippen molar-refractivity contribution in [3.05, 3.63) is 39.5 Å². The quantitative estimate of drug-likeness (QED) is 0.407. The molecule has 1 aromatic carbocycles. The summed E-state index contributed by atoms with van der Waals surface area (Å²) in [6, 6.07) is 9.07. The lowest BCUT2D eigenvalue weighted by atomic mass is 9.76. The van der Waals surface area contributed by atoms with Crippen LogP contribution in [-0.4, -0.2) is 31.3 Å². The molecule has 2 fully saturated rings. The van der Waals surface area contributed by atoms with Crippen LogP contribution in [0.2, 0.25) is 0 Å². The summed E-state index contributed by atoms with van der Waals surface area (Å²) in [5, 5.41) is 3.56. The lowest BCUT2D eigenvalue weighted by Gasteiger charge is -2.36. The van der Waals surface area contributed by atoms with Gasteiger partial charge < -0.3 is 10.1 Å². The zero-order valence-corrected chi connectivity index (χ0v) is 15.7.